The lowest BCUT2D eigenvalue weighted by atomic mass is 10.1. The summed E-state index contributed by atoms with van der Waals surface area (Å²) < 4.78 is 23.1. The Morgan fingerprint density at radius 3 is 2.42 bits per heavy atom. The monoisotopic (exact) mass is 377 g/mol. The van der Waals surface area contributed by atoms with Crippen molar-refractivity contribution in [2.75, 3.05) is 23.4 Å². The fourth-order valence-electron chi connectivity index (χ4n) is 2.28. The van der Waals surface area contributed by atoms with Crippen LogP contribution >= 0.6 is 0 Å². The average Bonchev–Trinajstić information content (AvgIpc) is 2.55. The summed E-state index contributed by atoms with van der Waals surface area (Å²) in [7, 11) is -3.57. The van der Waals surface area contributed by atoms with E-state index in [2.05, 4.69) is 10.6 Å². The van der Waals surface area contributed by atoms with Gasteiger partial charge in [-0.2, -0.15) is 0 Å². The quantitative estimate of drug-likeness (QED) is 0.590. The zero-order chi connectivity index (χ0) is 19.5. The summed E-state index contributed by atoms with van der Waals surface area (Å²) in [6.07, 6.45) is 0.969. The fourth-order valence-corrected chi connectivity index (χ4v) is 2.92. The summed E-state index contributed by atoms with van der Waals surface area (Å²) in [4.78, 5) is 22.5. The molecule has 0 aliphatic rings. The lowest BCUT2D eigenvalue weighted by Gasteiger charge is -2.11. The lowest BCUT2D eigenvalue weighted by molar-refractivity contribution is -0.384. The molecule has 0 atom stereocenters. The van der Waals surface area contributed by atoms with E-state index in [0.29, 0.717) is 5.69 Å². The fraction of sp³-hybridized carbons (Fsp3) is 0.235. The Kier molecular flexibility index (Phi) is 5.61. The van der Waals surface area contributed by atoms with E-state index >= 15 is 0 Å². The molecule has 0 heterocycles. The number of hydrogen-bond acceptors (Lipinski definition) is 6. The molecule has 2 N–H and O–H groups in total. The second kappa shape index (κ2) is 7.52. The van der Waals surface area contributed by atoms with E-state index in [1.165, 1.54) is 12.1 Å². The minimum absolute atomic E-state index is 0.0681. The Morgan fingerprint density at radius 1 is 1.12 bits per heavy atom. The van der Waals surface area contributed by atoms with Crippen LogP contribution in [-0.4, -0.2) is 32.0 Å². The molecule has 0 spiro atoms. The molecule has 0 saturated heterocycles. The summed E-state index contributed by atoms with van der Waals surface area (Å²) in [5, 5.41) is 16.6. The van der Waals surface area contributed by atoms with Crippen LogP contribution in [0.3, 0.4) is 0 Å². The maximum atomic E-state index is 12.1. The molecular weight excluding hydrogens is 358 g/mol. The molecule has 0 fully saturated rings. The van der Waals surface area contributed by atoms with Crippen LogP contribution in [0.25, 0.3) is 0 Å². The van der Waals surface area contributed by atoms with Gasteiger partial charge < -0.3 is 10.6 Å². The Hall–Kier alpha value is -2.94. The van der Waals surface area contributed by atoms with E-state index in [1.807, 2.05) is 32.0 Å². The van der Waals surface area contributed by atoms with Crippen molar-refractivity contribution in [2.24, 2.45) is 0 Å². The largest absolute Gasteiger partial charge is 0.371 e. The molecule has 0 aliphatic carbocycles. The minimum atomic E-state index is -3.57. The highest BCUT2D eigenvalue weighted by atomic mass is 32.2. The molecule has 0 aromatic heterocycles. The number of nitrogens with zero attached hydrogens (tertiary/aromatic N) is 1. The molecule has 9 heteroatoms. The molecule has 0 unspecified atom stereocenters. The maximum Gasteiger partial charge on any atom is 0.293 e. The summed E-state index contributed by atoms with van der Waals surface area (Å²) >= 11 is 0. The first-order valence-electron chi connectivity index (χ1n) is 7.67. The number of rotatable bonds is 6. The zero-order valence-electron chi connectivity index (χ0n) is 14.6. The number of carbonyl (C=O) groups is 1. The first-order chi connectivity index (χ1) is 12.1. The van der Waals surface area contributed by atoms with Gasteiger partial charge >= 0.3 is 0 Å². The third kappa shape index (κ3) is 4.79. The SMILES string of the molecule is Cc1ccc(C)c(NC(=O)CNc2ccc(S(C)(=O)=O)cc2[N+](=O)[O-])c1. The predicted octanol–water partition coefficient (Wildman–Crippen LogP) is 2.67. The molecule has 2 aromatic rings. The van der Waals surface area contributed by atoms with Crippen LogP contribution in [0.2, 0.25) is 0 Å². The van der Waals surface area contributed by atoms with E-state index in [9.17, 15) is 23.3 Å². The molecule has 8 nitrogen and oxygen atoms in total. The Balaban J connectivity index is 2.14. The molecule has 26 heavy (non-hydrogen) atoms. The van der Waals surface area contributed by atoms with E-state index in [0.717, 1.165) is 23.4 Å². The van der Waals surface area contributed by atoms with Gasteiger partial charge in [0.05, 0.1) is 16.4 Å². The minimum Gasteiger partial charge on any atom is -0.371 e. The molecule has 138 valence electrons. The lowest BCUT2D eigenvalue weighted by Crippen LogP contribution is -2.22. The molecule has 0 aliphatic heterocycles. The van der Waals surface area contributed by atoms with Crippen LogP contribution in [0.4, 0.5) is 17.1 Å². The van der Waals surface area contributed by atoms with Crippen LogP contribution in [0.15, 0.2) is 41.3 Å². The number of amides is 1. The van der Waals surface area contributed by atoms with Gasteiger partial charge in [-0.05, 0) is 43.2 Å². The second-order valence-corrected chi connectivity index (χ2v) is 7.94. The van der Waals surface area contributed by atoms with E-state index < -0.39 is 20.4 Å². The van der Waals surface area contributed by atoms with Crippen molar-refractivity contribution in [3.05, 3.63) is 57.6 Å². The molecule has 1 amide bonds. The highest BCUT2D eigenvalue weighted by Crippen LogP contribution is 2.27. The van der Waals surface area contributed by atoms with Crippen molar-refractivity contribution in [2.45, 2.75) is 18.7 Å². The van der Waals surface area contributed by atoms with Crippen LogP contribution in [0.5, 0.6) is 0 Å². The molecule has 0 bridgehead atoms. The van der Waals surface area contributed by atoms with E-state index in [4.69, 9.17) is 0 Å². The van der Waals surface area contributed by atoms with Gasteiger partial charge in [-0.25, -0.2) is 8.42 Å². The van der Waals surface area contributed by atoms with Crippen LogP contribution in [0, 0.1) is 24.0 Å². The summed E-state index contributed by atoms with van der Waals surface area (Å²) in [6, 6.07) is 9.15. The summed E-state index contributed by atoms with van der Waals surface area (Å²) in [6.45, 7) is 3.56. The maximum absolute atomic E-state index is 12.1. The third-order valence-electron chi connectivity index (χ3n) is 3.70. The number of sulfone groups is 1. The Bertz CT molecular complexity index is 970. The number of aryl methyl sites for hydroxylation is 2. The van der Waals surface area contributed by atoms with Crippen LogP contribution < -0.4 is 10.6 Å². The normalized spacial score (nSPS) is 11.0. The van der Waals surface area contributed by atoms with Crippen LogP contribution in [-0.2, 0) is 14.6 Å². The Morgan fingerprint density at radius 2 is 1.81 bits per heavy atom. The number of nitro groups is 1. The molecule has 0 radical (unpaired) electrons. The summed E-state index contributed by atoms with van der Waals surface area (Å²) in [5.41, 5.74) is 2.21. The van der Waals surface area contributed by atoms with E-state index in [-0.39, 0.29) is 23.0 Å². The molecule has 2 rings (SSSR count). The predicted molar refractivity (Wildman–Crippen MR) is 99.2 cm³/mol. The van der Waals surface area contributed by atoms with Crippen LogP contribution in [0.1, 0.15) is 11.1 Å². The highest BCUT2D eigenvalue weighted by molar-refractivity contribution is 7.90. The Labute approximate surface area is 151 Å². The van der Waals surface area contributed by atoms with Crippen molar-refractivity contribution in [1.29, 1.82) is 0 Å². The number of carbonyl (C=O) groups excluding carboxylic acids is 1. The molecule has 0 saturated carbocycles. The first-order valence-corrected chi connectivity index (χ1v) is 9.56. The van der Waals surface area contributed by atoms with Crippen molar-refractivity contribution in [3.63, 3.8) is 0 Å². The van der Waals surface area contributed by atoms with Crippen molar-refractivity contribution in [1.82, 2.24) is 0 Å². The molecular formula is C17H19N3O5S. The second-order valence-electron chi connectivity index (χ2n) is 5.93. The highest BCUT2D eigenvalue weighted by Gasteiger charge is 2.19. The average molecular weight is 377 g/mol. The van der Waals surface area contributed by atoms with Gasteiger partial charge in [0, 0.05) is 18.0 Å². The first kappa shape index (κ1) is 19.4. The van der Waals surface area contributed by atoms with Crippen molar-refractivity contribution in [3.8, 4) is 0 Å². The number of hydrogen-bond donors (Lipinski definition) is 2. The van der Waals surface area contributed by atoms with Crippen molar-refractivity contribution >= 4 is 32.8 Å². The van der Waals surface area contributed by atoms with Gasteiger partial charge in [0.15, 0.2) is 9.84 Å². The van der Waals surface area contributed by atoms with Gasteiger partial charge in [-0.3, -0.25) is 14.9 Å². The molecule has 2 aromatic carbocycles. The van der Waals surface area contributed by atoms with Crippen molar-refractivity contribution < 1.29 is 18.1 Å². The number of anilines is 2. The standard InChI is InChI=1S/C17H19N3O5S/c1-11-4-5-12(2)15(8-11)19-17(21)10-18-14-7-6-13(26(3,24)25)9-16(14)20(22)23/h4-9,18H,10H2,1-3H3,(H,19,21). The zero-order valence-corrected chi connectivity index (χ0v) is 15.4. The van der Waals surface area contributed by atoms with E-state index in [1.54, 1.807) is 0 Å². The number of benzene rings is 2. The summed E-state index contributed by atoms with van der Waals surface area (Å²) in [5.74, 6) is -0.375. The topological polar surface area (TPSA) is 118 Å². The smallest absolute Gasteiger partial charge is 0.293 e. The van der Waals surface area contributed by atoms with Gasteiger partial charge in [0.1, 0.15) is 5.69 Å². The van der Waals surface area contributed by atoms with Gasteiger partial charge in [0.2, 0.25) is 5.91 Å². The van der Waals surface area contributed by atoms with Gasteiger partial charge in [0.25, 0.3) is 5.69 Å². The number of nitro benzene ring substituents is 1. The van der Waals surface area contributed by atoms with Gasteiger partial charge in [-0.1, -0.05) is 12.1 Å². The van der Waals surface area contributed by atoms with Gasteiger partial charge in [-0.15, -0.1) is 0 Å². The number of nitrogens with one attached hydrogen (secondary N) is 2. The third-order valence-corrected chi connectivity index (χ3v) is 4.81.